The smallest absolute Gasteiger partial charge is 0.220 e. The molecule has 0 saturated heterocycles. The number of aryl methyl sites for hydroxylation is 1. The number of carbonyl (C=O) groups excluding carboxylic acids is 1. The minimum Gasteiger partial charge on any atom is -0.370 e. The topological polar surface area (TPSA) is 56.2 Å². The second-order valence-corrected chi connectivity index (χ2v) is 5.87. The van der Waals surface area contributed by atoms with Gasteiger partial charge in [-0.05, 0) is 25.7 Å². The molecule has 1 amide bonds. The molecule has 0 unspecified atom stereocenters. The Bertz CT molecular complexity index is 458. The average molecular weight is 277 g/mol. The van der Waals surface area contributed by atoms with E-state index in [-0.39, 0.29) is 18.1 Å². The third-order valence-electron chi connectivity index (χ3n) is 4.25. The van der Waals surface area contributed by atoms with Gasteiger partial charge in [0.2, 0.25) is 5.91 Å². The van der Waals surface area contributed by atoms with Crippen LogP contribution in [0.25, 0.3) is 0 Å². The van der Waals surface area contributed by atoms with Crippen LogP contribution in [0.5, 0.6) is 0 Å². The van der Waals surface area contributed by atoms with Gasteiger partial charge in [-0.2, -0.15) is 0 Å². The van der Waals surface area contributed by atoms with E-state index in [0.717, 1.165) is 37.9 Å². The second kappa shape index (κ2) is 6.39. The number of nitrogens with one attached hydrogen (secondary N) is 1. The maximum absolute atomic E-state index is 12.0. The summed E-state index contributed by atoms with van der Waals surface area (Å²) in [5, 5.41) is 3.17. The van der Waals surface area contributed by atoms with Crippen molar-refractivity contribution in [1.82, 2.24) is 14.9 Å². The summed E-state index contributed by atoms with van der Waals surface area (Å²) < 4.78 is 8.10. The Labute approximate surface area is 119 Å². The van der Waals surface area contributed by atoms with Crippen LogP contribution in [-0.2, 0) is 22.7 Å². The van der Waals surface area contributed by atoms with Gasteiger partial charge in [-0.1, -0.05) is 12.8 Å². The first-order valence-corrected chi connectivity index (χ1v) is 7.73. The lowest BCUT2D eigenvalue weighted by Gasteiger charge is -2.32. The number of rotatable bonds is 0. The fourth-order valence-electron chi connectivity index (χ4n) is 3.12. The minimum absolute atomic E-state index is 0.138. The van der Waals surface area contributed by atoms with Crippen molar-refractivity contribution < 1.29 is 9.53 Å². The molecule has 20 heavy (non-hydrogen) atoms. The van der Waals surface area contributed by atoms with Crippen molar-refractivity contribution >= 4 is 5.91 Å². The minimum atomic E-state index is 0.138. The Morgan fingerprint density at radius 2 is 2.15 bits per heavy atom. The SMILES string of the molecule is O=C1CCCCn2cnc(c2)CO[C@@H]2CCCC[C@@H]2N1. The highest BCUT2D eigenvalue weighted by molar-refractivity contribution is 5.76. The van der Waals surface area contributed by atoms with Crippen LogP contribution in [0.1, 0.15) is 50.6 Å². The molecule has 1 aliphatic heterocycles. The zero-order valence-electron chi connectivity index (χ0n) is 11.9. The van der Waals surface area contributed by atoms with Crippen molar-refractivity contribution in [3.05, 3.63) is 18.2 Å². The fourth-order valence-corrected chi connectivity index (χ4v) is 3.12. The van der Waals surface area contributed by atoms with Crippen LogP contribution in [-0.4, -0.2) is 27.6 Å². The predicted molar refractivity (Wildman–Crippen MR) is 75.1 cm³/mol. The second-order valence-electron chi connectivity index (χ2n) is 5.87. The zero-order valence-corrected chi connectivity index (χ0v) is 11.9. The van der Waals surface area contributed by atoms with Crippen molar-refractivity contribution in [2.45, 2.75) is 70.2 Å². The van der Waals surface area contributed by atoms with E-state index < -0.39 is 0 Å². The maximum Gasteiger partial charge on any atom is 0.220 e. The number of hydrogen-bond donors (Lipinski definition) is 1. The molecule has 1 aliphatic carbocycles. The summed E-state index contributed by atoms with van der Waals surface area (Å²) >= 11 is 0. The van der Waals surface area contributed by atoms with Gasteiger partial charge in [0, 0.05) is 19.2 Å². The lowest BCUT2D eigenvalue weighted by atomic mass is 9.92. The van der Waals surface area contributed by atoms with Gasteiger partial charge < -0.3 is 14.6 Å². The average Bonchev–Trinajstić information content (AvgIpc) is 2.90. The van der Waals surface area contributed by atoms with Crippen molar-refractivity contribution in [2.24, 2.45) is 0 Å². The van der Waals surface area contributed by atoms with Gasteiger partial charge in [-0.25, -0.2) is 4.98 Å². The Morgan fingerprint density at radius 1 is 1.25 bits per heavy atom. The van der Waals surface area contributed by atoms with Gasteiger partial charge in [-0.3, -0.25) is 4.79 Å². The van der Waals surface area contributed by atoms with Crippen molar-refractivity contribution in [3.63, 3.8) is 0 Å². The summed E-state index contributed by atoms with van der Waals surface area (Å²) in [6.07, 6.45) is 11.1. The molecule has 2 bridgehead atoms. The highest BCUT2D eigenvalue weighted by Crippen LogP contribution is 2.22. The number of amides is 1. The molecule has 110 valence electrons. The fraction of sp³-hybridized carbons (Fsp3) is 0.733. The number of imidazole rings is 1. The molecule has 0 radical (unpaired) electrons. The summed E-state index contributed by atoms with van der Waals surface area (Å²) in [7, 11) is 0. The molecule has 5 nitrogen and oxygen atoms in total. The molecule has 0 aromatic carbocycles. The summed E-state index contributed by atoms with van der Waals surface area (Å²) in [4.78, 5) is 16.4. The summed E-state index contributed by atoms with van der Waals surface area (Å²) in [5.41, 5.74) is 0.986. The van der Waals surface area contributed by atoms with E-state index in [1.54, 1.807) is 0 Å². The monoisotopic (exact) mass is 277 g/mol. The van der Waals surface area contributed by atoms with Gasteiger partial charge in [0.15, 0.2) is 0 Å². The highest BCUT2D eigenvalue weighted by Gasteiger charge is 2.27. The van der Waals surface area contributed by atoms with E-state index in [1.807, 2.05) is 6.33 Å². The molecule has 2 aliphatic rings. The number of hydrogen-bond acceptors (Lipinski definition) is 3. The lowest BCUT2D eigenvalue weighted by molar-refractivity contribution is -0.123. The van der Waals surface area contributed by atoms with Crippen molar-refractivity contribution in [3.8, 4) is 0 Å². The summed E-state index contributed by atoms with van der Waals surface area (Å²) in [6.45, 7) is 1.47. The Kier molecular flexibility index (Phi) is 4.35. The molecule has 2 heterocycles. The summed E-state index contributed by atoms with van der Waals surface area (Å²) in [6, 6.07) is 0.180. The first-order chi connectivity index (χ1) is 9.81. The van der Waals surface area contributed by atoms with Crippen LogP contribution in [0.3, 0.4) is 0 Å². The van der Waals surface area contributed by atoms with Crippen LogP contribution in [0, 0.1) is 0 Å². The Hall–Kier alpha value is -1.36. The largest absolute Gasteiger partial charge is 0.370 e. The van der Waals surface area contributed by atoms with Crippen molar-refractivity contribution in [1.29, 1.82) is 0 Å². The first kappa shape index (κ1) is 13.6. The zero-order chi connectivity index (χ0) is 13.8. The van der Waals surface area contributed by atoms with E-state index in [1.165, 1.54) is 12.8 Å². The molecule has 5 heteroatoms. The molecule has 1 fully saturated rings. The quantitative estimate of drug-likeness (QED) is 0.789. The van der Waals surface area contributed by atoms with Crippen molar-refractivity contribution in [2.75, 3.05) is 0 Å². The molecule has 1 saturated carbocycles. The number of carbonyl (C=O) groups is 1. The van der Waals surface area contributed by atoms with Gasteiger partial charge in [0.05, 0.1) is 30.8 Å². The van der Waals surface area contributed by atoms with E-state index in [9.17, 15) is 4.79 Å². The van der Waals surface area contributed by atoms with E-state index >= 15 is 0 Å². The molecule has 2 atom stereocenters. The number of fused-ring (bicyclic) bond motifs is 3. The van der Waals surface area contributed by atoms with Crippen LogP contribution in [0.4, 0.5) is 0 Å². The van der Waals surface area contributed by atoms with Crippen LogP contribution < -0.4 is 5.32 Å². The molecule has 3 rings (SSSR count). The maximum atomic E-state index is 12.0. The van der Waals surface area contributed by atoms with Crippen LogP contribution in [0.15, 0.2) is 12.5 Å². The molecule has 1 aromatic rings. The summed E-state index contributed by atoms with van der Waals surface area (Å²) in [5.74, 6) is 0.176. The van der Waals surface area contributed by atoms with Gasteiger partial charge >= 0.3 is 0 Å². The Morgan fingerprint density at radius 3 is 3.10 bits per heavy atom. The van der Waals surface area contributed by atoms with E-state index in [0.29, 0.717) is 13.0 Å². The third-order valence-corrected chi connectivity index (χ3v) is 4.25. The standard InChI is InChI=1S/C15H23N3O2/c19-15-7-3-4-8-18-9-12(16-11-18)10-20-14-6-2-1-5-13(14)17-15/h9,11,13-14H,1-8,10H2,(H,17,19)/t13-,14+/m0/s1. The first-order valence-electron chi connectivity index (χ1n) is 7.73. The molecule has 1 aromatic heterocycles. The van der Waals surface area contributed by atoms with Crippen LogP contribution >= 0.6 is 0 Å². The normalized spacial score (nSPS) is 28.5. The van der Waals surface area contributed by atoms with E-state index in [2.05, 4.69) is 21.1 Å². The number of aromatic nitrogens is 2. The van der Waals surface area contributed by atoms with Gasteiger partial charge in [0.1, 0.15) is 0 Å². The molecule has 1 N–H and O–H groups in total. The number of ether oxygens (including phenoxy) is 1. The number of nitrogens with zero attached hydrogens (tertiary/aromatic N) is 2. The van der Waals surface area contributed by atoms with Crippen LogP contribution in [0.2, 0.25) is 0 Å². The molecular weight excluding hydrogens is 254 g/mol. The predicted octanol–water partition coefficient (Wildman–Crippen LogP) is 2.01. The lowest BCUT2D eigenvalue weighted by Crippen LogP contribution is -2.46. The van der Waals surface area contributed by atoms with E-state index in [4.69, 9.17) is 4.74 Å². The van der Waals surface area contributed by atoms with Gasteiger partial charge in [-0.15, -0.1) is 0 Å². The Balaban J connectivity index is 1.71. The van der Waals surface area contributed by atoms with Gasteiger partial charge in [0.25, 0.3) is 0 Å². The third kappa shape index (κ3) is 3.39. The highest BCUT2D eigenvalue weighted by atomic mass is 16.5. The molecular formula is C15H23N3O2. The molecule has 0 spiro atoms.